The number of hydrogen-bond acceptors (Lipinski definition) is 4. The van der Waals surface area contributed by atoms with Crippen molar-refractivity contribution in [1.29, 1.82) is 0 Å². The topological polar surface area (TPSA) is 70.7 Å². The fraction of sp³-hybridized carbons (Fsp3) is 0.600. The first-order chi connectivity index (χ1) is 12.7. The molecular weight excluding hydrogens is 366 g/mol. The second kappa shape index (κ2) is 11.1. The predicted molar refractivity (Wildman–Crippen MR) is 107 cm³/mol. The number of halogens is 1. The van der Waals surface area contributed by atoms with Gasteiger partial charge in [0.1, 0.15) is 5.75 Å². The summed E-state index contributed by atoms with van der Waals surface area (Å²) in [6.07, 6.45) is 4.38. The van der Waals surface area contributed by atoms with E-state index in [1.807, 2.05) is 35.2 Å². The van der Waals surface area contributed by atoms with Crippen LogP contribution in [0.25, 0.3) is 0 Å². The number of benzene rings is 1. The van der Waals surface area contributed by atoms with Crippen molar-refractivity contribution in [2.24, 2.45) is 5.92 Å². The minimum atomic E-state index is -0.0934. The molecule has 2 fully saturated rings. The second-order valence-corrected chi connectivity index (χ2v) is 7.13. The third kappa shape index (κ3) is 6.70. The molecule has 0 saturated carbocycles. The summed E-state index contributed by atoms with van der Waals surface area (Å²) in [5, 5.41) is 6.44. The van der Waals surface area contributed by atoms with Gasteiger partial charge in [0.15, 0.2) is 0 Å². The summed E-state index contributed by atoms with van der Waals surface area (Å²) in [6, 6.07) is 9.91. The number of amides is 2. The molecule has 7 heteroatoms. The molecule has 6 nitrogen and oxygen atoms in total. The van der Waals surface area contributed by atoms with Gasteiger partial charge < -0.3 is 20.3 Å². The summed E-state index contributed by atoms with van der Waals surface area (Å²) in [4.78, 5) is 26.7. The van der Waals surface area contributed by atoms with Gasteiger partial charge in [0.25, 0.3) is 0 Å². The summed E-state index contributed by atoms with van der Waals surface area (Å²) >= 11 is 0. The van der Waals surface area contributed by atoms with E-state index in [1.165, 1.54) is 6.42 Å². The quantitative estimate of drug-likeness (QED) is 0.740. The summed E-state index contributed by atoms with van der Waals surface area (Å²) < 4.78 is 5.60. The van der Waals surface area contributed by atoms with Crippen molar-refractivity contribution in [3.63, 3.8) is 0 Å². The number of likely N-dealkylation sites (tertiary alicyclic amines) is 1. The molecule has 2 aliphatic heterocycles. The lowest BCUT2D eigenvalue weighted by molar-refractivity contribution is -0.136. The Labute approximate surface area is 167 Å². The van der Waals surface area contributed by atoms with Crippen molar-refractivity contribution in [1.82, 2.24) is 15.5 Å². The molecule has 2 aliphatic rings. The highest BCUT2D eigenvalue weighted by atomic mass is 35.5. The van der Waals surface area contributed by atoms with E-state index in [-0.39, 0.29) is 30.1 Å². The summed E-state index contributed by atoms with van der Waals surface area (Å²) in [7, 11) is 0. The molecule has 0 bridgehead atoms. The molecule has 1 aromatic carbocycles. The van der Waals surface area contributed by atoms with E-state index in [4.69, 9.17) is 4.74 Å². The number of nitrogens with zero attached hydrogens (tertiary/aromatic N) is 1. The van der Waals surface area contributed by atoms with Crippen LogP contribution in [0.2, 0.25) is 0 Å². The van der Waals surface area contributed by atoms with Gasteiger partial charge in [0.05, 0.1) is 18.9 Å². The van der Waals surface area contributed by atoms with Gasteiger partial charge in [-0.2, -0.15) is 0 Å². The molecule has 0 aliphatic carbocycles. The summed E-state index contributed by atoms with van der Waals surface area (Å²) in [5.74, 6) is 0.827. The Morgan fingerprint density at radius 1 is 1.19 bits per heavy atom. The van der Waals surface area contributed by atoms with E-state index in [0.29, 0.717) is 32.2 Å². The van der Waals surface area contributed by atoms with Crippen molar-refractivity contribution < 1.29 is 14.3 Å². The average Bonchev–Trinajstić information content (AvgIpc) is 3.20. The molecule has 2 N–H and O–H groups in total. The molecule has 1 aromatic rings. The normalized spacial score (nSPS) is 22.0. The lowest BCUT2D eigenvalue weighted by Gasteiger charge is -2.32. The maximum Gasteiger partial charge on any atom is 0.226 e. The van der Waals surface area contributed by atoms with Crippen molar-refractivity contribution in [3.05, 3.63) is 30.3 Å². The highest BCUT2D eigenvalue weighted by Crippen LogP contribution is 2.18. The second-order valence-electron chi connectivity index (χ2n) is 7.13. The third-order valence-corrected chi connectivity index (χ3v) is 5.16. The monoisotopic (exact) mass is 395 g/mol. The van der Waals surface area contributed by atoms with Gasteiger partial charge in [-0.1, -0.05) is 18.2 Å². The van der Waals surface area contributed by atoms with E-state index in [2.05, 4.69) is 10.6 Å². The van der Waals surface area contributed by atoms with Crippen molar-refractivity contribution in [2.45, 2.75) is 38.1 Å². The maximum absolute atomic E-state index is 12.4. The zero-order valence-corrected chi connectivity index (χ0v) is 16.5. The highest BCUT2D eigenvalue weighted by Gasteiger charge is 2.28. The molecule has 27 heavy (non-hydrogen) atoms. The number of nitrogens with one attached hydrogen (secondary N) is 2. The molecule has 150 valence electrons. The van der Waals surface area contributed by atoms with E-state index < -0.39 is 0 Å². The molecule has 0 spiro atoms. The molecule has 2 heterocycles. The van der Waals surface area contributed by atoms with Crippen LogP contribution in [0.4, 0.5) is 0 Å². The Bertz CT molecular complexity index is 593. The van der Waals surface area contributed by atoms with Crippen LogP contribution in [-0.4, -0.2) is 55.5 Å². The molecule has 2 amide bonds. The van der Waals surface area contributed by atoms with Crippen molar-refractivity contribution in [3.8, 4) is 5.75 Å². The number of carbonyl (C=O) groups is 2. The molecule has 2 atom stereocenters. The minimum Gasteiger partial charge on any atom is -0.493 e. The minimum absolute atomic E-state index is 0. The zero-order valence-electron chi connectivity index (χ0n) is 15.7. The van der Waals surface area contributed by atoms with Crippen molar-refractivity contribution in [2.75, 3.05) is 32.8 Å². The van der Waals surface area contributed by atoms with Crippen LogP contribution in [0.3, 0.4) is 0 Å². The van der Waals surface area contributed by atoms with E-state index in [1.54, 1.807) is 0 Å². The summed E-state index contributed by atoms with van der Waals surface area (Å²) in [6.45, 7) is 3.35. The van der Waals surface area contributed by atoms with Crippen molar-refractivity contribution >= 4 is 24.2 Å². The van der Waals surface area contributed by atoms with Crippen LogP contribution in [0.1, 0.15) is 32.1 Å². The van der Waals surface area contributed by atoms with Gasteiger partial charge in [-0.3, -0.25) is 9.59 Å². The van der Waals surface area contributed by atoms with Crippen LogP contribution < -0.4 is 15.4 Å². The van der Waals surface area contributed by atoms with Crippen LogP contribution >= 0.6 is 12.4 Å². The third-order valence-electron chi connectivity index (χ3n) is 5.16. The molecular formula is C20H30ClN3O3. The number of hydrogen-bond donors (Lipinski definition) is 2. The number of ether oxygens (including phenoxy) is 1. The smallest absolute Gasteiger partial charge is 0.226 e. The lowest BCUT2D eigenvalue weighted by Crippen LogP contribution is -2.47. The molecule has 0 aromatic heterocycles. The fourth-order valence-electron chi connectivity index (χ4n) is 3.65. The van der Waals surface area contributed by atoms with Crippen LogP contribution in [0, 0.1) is 5.92 Å². The lowest BCUT2D eigenvalue weighted by atomic mass is 9.96. The first kappa shape index (κ1) is 21.5. The number of rotatable bonds is 7. The Morgan fingerprint density at radius 3 is 2.74 bits per heavy atom. The number of para-hydroxylation sites is 1. The Hall–Kier alpha value is -1.79. The maximum atomic E-state index is 12.4. The first-order valence-electron chi connectivity index (χ1n) is 9.69. The van der Waals surface area contributed by atoms with Crippen LogP contribution in [0.5, 0.6) is 5.75 Å². The van der Waals surface area contributed by atoms with Gasteiger partial charge in [0.2, 0.25) is 11.8 Å². The molecule has 3 rings (SSSR count). The molecule has 2 saturated heterocycles. The largest absolute Gasteiger partial charge is 0.493 e. The van der Waals surface area contributed by atoms with E-state index in [9.17, 15) is 9.59 Å². The number of carbonyl (C=O) groups excluding carboxylic acids is 2. The van der Waals surface area contributed by atoms with E-state index in [0.717, 1.165) is 38.1 Å². The van der Waals surface area contributed by atoms with E-state index >= 15 is 0 Å². The Balaban J connectivity index is 0.00000261. The average molecular weight is 396 g/mol. The van der Waals surface area contributed by atoms with Crippen LogP contribution in [0.15, 0.2) is 30.3 Å². The van der Waals surface area contributed by atoms with Gasteiger partial charge in [-0.15, -0.1) is 12.4 Å². The fourth-order valence-corrected chi connectivity index (χ4v) is 3.65. The van der Waals surface area contributed by atoms with Crippen LogP contribution in [-0.2, 0) is 9.59 Å². The number of piperidine rings is 1. The zero-order chi connectivity index (χ0) is 18.2. The molecule has 0 radical (unpaired) electrons. The first-order valence-corrected chi connectivity index (χ1v) is 9.69. The van der Waals surface area contributed by atoms with Gasteiger partial charge in [0, 0.05) is 25.7 Å². The highest BCUT2D eigenvalue weighted by molar-refractivity contribution is 5.85. The Kier molecular flexibility index (Phi) is 8.88. The summed E-state index contributed by atoms with van der Waals surface area (Å²) in [5.41, 5.74) is 0. The van der Waals surface area contributed by atoms with Gasteiger partial charge in [-0.05, 0) is 44.4 Å². The predicted octanol–water partition coefficient (Wildman–Crippen LogP) is 1.98. The van der Waals surface area contributed by atoms with Gasteiger partial charge >= 0.3 is 0 Å². The Morgan fingerprint density at radius 2 is 2.00 bits per heavy atom. The van der Waals surface area contributed by atoms with Gasteiger partial charge in [-0.25, -0.2) is 0 Å². The molecule has 2 unspecified atom stereocenters. The standard InChI is InChI=1S/C20H29N3O3.ClH/c24-19(10-13-26-18-8-2-1-3-9-18)23-12-5-6-16(15-23)20(25)22-14-17-7-4-11-21-17;/h1-3,8-9,16-17,21H,4-7,10-15H2,(H,22,25);1H. The SMILES string of the molecule is Cl.O=C(NCC1CCCN1)C1CCCN(C(=O)CCOc2ccccc2)C1.